The number of benzene rings is 1. The van der Waals surface area contributed by atoms with Crippen LogP contribution in [0.25, 0.3) is 0 Å². The first-order chi connectivity index (χ1) is 12.5. The number of nitrogen functional groups attached to an aromatic ring is 1. The molecule has 1 heterocycles. The van der Waals surface area contributed by atoms with Crippen molar-refractivity contribution in [3.63, 3.8) is 0 Å². The smallest absolute Gasteiger partial charge is 0.338 e. The van der Waals surface area contributed by atoms with E-state index in [0.29, 0.717) is 18.6 Å². The summed E-state index contributed by atoms with van der Waals surface area (Å²) in [7, 11) is 0. The lowest BCUT2D eigenvalue weighted by Crippen LogP contribution is -2.12. The summed E-state index contributed by atoms with van der Waals surface area (Å²) in [5.41, 5.74) is 9.22. The number of nitrogens with one attached hydrogen (secondary N) is 1. The normalized spacial score (nSPS) is 10.6. The van der Waals surface area contributed by atoms with E-state index in [1.165, 1.54) is 12.8 Å². The number of ether oxygens (including phenoxy) is 1. The fourth-order valence-electron chi connectivity index (χ4n) is 2.78. The third kappa shape index (κ3) is 5.44. The Morgan fingerprint density at radius 1 is 1.23 bits per heavy atom. The summed E-state index contributed by atoms with van der Waals surface area (Å²) < 4.78 is 5.08. The van der Waals surface area contributed by atoms with Gasteiger partial charge >= 0.3 is 5.97 Å². The van der Waals surface area contributed by atoms with Gasteiger partial charge in [0, 0.05) is 24.2 Å². The van der Waals surface area contributed by atoms with Crippen LogP contribution in [0.4, 0.5) is 11.8 Å². The summed E-state index contributed by atoms with van der Waals surface area (Å²) in [4.78, 5) is 20.6. The minimum absolute atomic E-state index is 0.268. The molecule has 0 unspecified atom stereocenters. The molecule has 3 N–H and O–H groups in total. The maximum absolute atomic E-state index is 12.0. The van der Waals surface area contributed by atoms with Crippen molar-refractivity contribution in [1.29, 1.82) is 0 Å². The van der Waals surface area contributed by atoms with E-state index < -0.39 is 0 Å². The molecule has 0 aliphatic carbocycles. The van der Waals surface area contributed by atoms with Crippen molar-refractivity contribution < 1.29 is 9.53 Å². The van der Waals surface area contributed by atoms with E-state index >= 15 is 0 Å². The van der Waals surface area contributed by atoms with Crippen LogP contribution >= 0.6 is 0 Å². The number of nitrogens with two attached hydrogens (primary N) is 1. The van der Waals surface area contributed by atoms with Crippen molar-refractivity contribution in [2.75, 3.05) is 24.2 Å². The highest BCUT2D eigenvalue weighted by atomic mass is 16.5. The molecule has 0 fully saturated rings. The lowest BCUT2D eigenvalue weighted by Gasteiger charge is -2.14. The number of unbranched alkanes of at least 4 members (excludes halogenated alkanes) is 2. The van der Waals surface area contributed by atoms with E-state index in [1.807, 2.05) is 25.1 Å². The van der Waals surface area contributed by atoms with Gasteiger partial charge < -0.3 is 15.8 Å². The molecule has 140 valence electrons. The van der Waals surface area contributed by atoms with Crippen LogP contribution in [0.2, 0.25) is 0 Å². The van der Waals surface area contributed by atoms with Gasteiger partial charge in [-0.25, -0.2) is 9.78 Å². The Morgan fingerprint density at radius 2 is 2.04 bits per heavy atom. The van der Waals surface area contributed by atoms with Gasteiger partial charge in [0.1, 0.15) is 5.82 Å². The number of aromatic nitrogens is 2. The zero-order valence-corrected chi connectivity index (χ0v) is 15.8. The van der Waals surface area contributed by atoms with Crippen molar-refractivity contribution in [3.05, 3.63) is 46.6 Å². The zero-order valence-electron chi connectivity index (χ0n) is 15.8. The summed E-state index contributed by atoms with van der Waals surface area (Å²) >= 11 is 0. The molecular formula is C20H28N4O2. The Morgan fingerprint density at radius 3 is 2.77 bits per heavy atom. The minimum Gasteiger partial charge on any atom is -0.462 e. The Hall–Kier alpha value is -2.63. The van der Waals surface area contributed by atoms with Crippen molar-refractivity contribution in [2.24, 2.45) is 0 Å². The summed E-state index contributed by atoms with van der Waals surface area (Å²) in [5, 5.41) is 3.38. The Kier molecular flexibility index (Phi) is 7.38. The second kappa shape index (κ2) is 9.75. The number of anilines is 2. The molecule has 26 heavy (non-hydrogen) atoms. The van der Waals surface area contributed by atoms with E-state index in [0.717, 1.165) is 35.6 Å². The SMILES string of the molecule is CCCCCNc1nc(N)nc(C)c1Cc1cccc(C(=O)OCC)c1. The van der Waals surface area contributed by atoms with Gasteiger partial charge in [0.05, 0.1) is 12.2 Å². The van der Waals surface area contributed by atoms with E-state index in [9.17, 15) is 4.79 Å². The highest BCUT2D eigenvalue weighted by Gasteiger charge is 2.13. The Balaban J connectivity index is 2.22. The van der Waals surface area contributed by atoms with E-state index in [2.05, 4.69) is 22.2 Å². The predicted molar refractivity (Wildman–Crippen MR) is 104 cm³/mol. The van der Waals surface area contributed by atoms with Gasteiger partial charge in [0.2, 0.25) is 5.95 Å². The Labute approximate surface area is 155 Å². The number of hydrogen-bond donors (Lipinski definition) is 2. The summed E-state index contributed by atoms with van der Waals surface area (Å²) in [6.07, 6.45) is 4.04. The van der Waals surface area contributed by atoms with Crippen molar-refractivity contribution in [2.45, 2.75) is 46.5 Å². The van der Waals surface area contributed by atoms with Crippen molar-refractivity contribution in [3.8, 4) is 0 Å². The van der Waals surface area contributed by atoms with Gasteiger partial charge in [-0.1, -0.05) is 31.9 Å². The number of hydrogen-bond acceptors (Lipinski definition) is 6. The van der Waals surface area contributed by atoms with Crippen LogP contribution in [0.15, 0.2) is 24.3 Å². The third-order valence-corrected chi connectivity index (χ3v) is 4.12. The number of esters is 1. The average molecular weight is 356 g/mol. The molecule has 0 saturated heterocycles. The molecule has 1 aromatic heterocycles. The maximum atomic E-state index is 12.0. The van der Waals surface area contributed by atoms with Crippen LogP contribution in [-0.4, -0.2) is 29.1 Å². The molecule has 0 bridgehead atoms. The van der Waals surface area contributed by atoms with E-state index in [4.69, 9.17) is 10.5 Å². The van der Waals surface area contributed by atoms with Crippen LogP contribution in [0.3, 0.4) is 0 Å². The van der Waals surface area contributed by atoms with Gasteiger partial charge in [0.25, 0.3) is 0 Å². The highest BCUT2D eigenvalue weighted by Crippen LogP contribution is 2.22. The molecule has 2 rings (SSSR count). The minimum atomic E-state index is -0.308. The summed E-state index contributed by atoms with van der Waals surface area (Å²) in [5.74, 6) is 0.731. The molecule has 0 aliphatic heterocycles. The van der Waals surface area contributed by atoms with Gasteiger partial charge in [-0.05, 0) is 38.0 Å². The molecule has 0 atom stereocenters. The Bertz CT molecular complexity index is 747. The fourth-order valence-corrected chi connectivity index (χ4v) is 2.78. The van der Waals surface area contributed by atoms with Crippen molar-refractivity contribution in [1.82, 2.24) is 9.97 Å². The van der Waals surface area contributed by atoms with Crippen LogP contribution in [0.1, 0.15) is 60.3 Å². The molecule has 0 aliphatic rings. The molecule has 0 spiro atoms. The molecule has 0 amide bonds. The highest BCUT2D eigenvalue weighted by molar-refractivity contribution is 5.89. The molecule has 2 aromatic rings. The first kappa shape index (κ1) is 19.7. The maximum Gasteiger partial charge on any atom is 0.338 e. The van der Waals surface area contributed by atoms with E-state index in [-0.39, 0.29) is 11.9 Å². The van der Waals surface area contributed by atoms with Crippen LogP contribution < -0.4 is 11.1 Å². The number of nitrogens with zero attached hydrogens (tertiary/aromatic N) is 2. The number of carbonyl (C=O) groups excluding carboxylic acids is 1. The zero-order chi connectivity index (χ0) is 18.9. The van der Waals surface area contributed by atoms with Gasteiger partial charge in [-0.15, -0.1) is 0 Å². The van der Waals surface area contributed by atoms with E-state index in [1.54, 1.807) is 13.0 Å². The fraction of sp³-hybridized carbons (Fsp3) is 0.450. The first-order valence-electron chi connectivity index (χ1n) is 9.18. The molecule has 6 heteroatoms. The molecular weight excluding hydrogens is 328 g/mol. The third-order valence-electron chi connectivity index (χ3n) is 4.12. The quantitative estimate of drug-likeness (QED) is 0.525. The lowest BCUT2D eigenvalue weighted by molar-refractivity contribution is 0.0526. The molecule has 1 aromatic carbocycles. The number of carbonyl (C=O) groups is 1. The second-order valence-corrected chi connectivity index (χ2v) is 6.23. The monoisotopic (exact) mass is 356 g/mol. The second-order valence-electron chi connectivity index (χ2n) is 6.23. The molecule has 0 radical (unpaired) electrons. The topological polar surface area (TPSA) is 90.1 Å². The van der Waals surface area contributed by atoms with Crippen molar-refractivity contribution >= 4 is 17.7 Å². The first-order valence-corrected chi connectivity index (χ1v) is 9.18. The van der Waals surface area contributed by atoms with Crippen LogP contribution in [-0.2, 0) is 11.2 Å². The van der Waals surface area contributed by atoms with Crippen LogP contribution in [0, 0.1) is 6.92 Å². The average Bonchev–Trinajstić information content (AvgIpc) is 2.62. The standard InChI is InChI=1S/C20H28N4O2/c1-4-6-7-11-22-18-17(14(3)23-20(21)24-18)13-15-9-8-10-16(12-15)19(25)26-5-2/h8-10,12H,4-7,11,13H2,1-3H3,(H3,21,22,23,24). The van der Waals surface area contributed by atoms with Gasteiger partial charge in [-0.2, -0.15) is 4.98 Å². The predicted octanol–water partition coefficient (Wildman–Crippen LogP) is 3.74. The molecule has 6 nitrogen and oxygen atoms in total. The van der Waals surface area contributed by atoms with Gasteiger partial charge in [-0.3, -0.25) is 0 Å². The van der Waals surface area contributed by atoms with Gasteiger partial charge in [0.15, 0.2) is 0 Å². The number of aryl methyl sites for hydroxylation is 1. The summed E-state index contributed by atoms with van der Waals surface area (Å²) in [6.45, 7) is 7.11. The molecule has 0 saturated carbocycles. The summed E-state index contributed by atoms with van der Waals surface area (Å²) in [6, 6.07) is 7.47. The number of rotatable bonds is 9. The lowest BCUT2D eigenvalue weighted by atomic mass is 10.0. The largest absolute Gasteiger partial charge is 0.462 e. The van der Waals surface area contributed by atoms with Crippen LogP contribution in [0.5, 0.6) is 0 Å².